The fraction of sp³-hybridized carbons (Fsp3) is 0.364. The number of likely N-dealkylation sites (N-methyl/N-ethyl adjacent to an activating group) is 1. The fourth-order valence-corrected chi connectivity index (χ4v) is 4.36. The highest BCUT2D eigenvalue weighted by Crippen LogP contribution is 2.31. The molecule has 2 aromatic carbocycles. The lowest BCUT2D eigenvalue weighted by molar-refractivity contribution is -1.02. The summed E-state index contributed by atoms with van der Waals surface area (Å²) in [5.41, 5.74) is 5.33. The van der Waals surface area contributed by atoms with Crippen LogP contribution in [0.15, 0.2) is 48.5 Å². The molecule has 0 saturated carbocycles. The Kier molecular flexibility index (Phi) is 4.70. The van der Waals surface area contributed by atoms with Crippen molar-refractivity contribution in [2.24, 2.45) is 0 Å². The number of rotatable bonds is 4. The molecule has 0 radical (unpaired) electrons. The van der Waals surface area contributed by atoms with Crippen LogP contribution in [0.4, 0.5) is 0 Å². The maximum absolute atomic E-state index is 5.38. The second kappa shape index (κ2) is 7.14. The first-order chi connectivity index (χ1) is 12.7. The van der Waals surface area contributed by atoms with Crippen molar-refractivity contribution in [2.45, 2.75) is 13.0 Å². The van der Waals surface area contributed by atoms with Crippen LogP contribution in [0.3, 0.4) is 0 Å². The van der Waals surface area contributed by atoms with Crippen LogP contribution >= 0.6 is 0 Å². The fourth-order valence-electron chi connectivity index (χ4n) is 4.36. The molecule has 2 heterocycles. The highest BCUT2D eigenvalue weighted by molar-refractivity contribution is 5.85. The monoisotopic (exact) mass is 351 g/mol. The molecule has 1 aliphatic rings. The first-order valence-electron chi connectivity index (χ1n) is 9.54. The number of fused-ring (bicyclic) bond motifs is 1. The Morgan fingerprint density at radius 1 is 0.962 bits per heavy atom. The van der Waals surface area contributed by atoms with Crippen molar-refractivity contribution < 1.29 is 14.5 Å². The summed E-state index contributed by atoms with van der Waals surface area (Å²) in [6.45, 7) is 7.06. The summed E-state index contributed by atoms with van der Waals surface area (Å²) in [4.78, 5) is 6.90. The van der Waals surface area contributed by atoms with Crippen molar-refractivity contribution in [3.05, 3.63) is 65.4 Å². The minimum absolute atomic E-state index is 0.352. The molecule has 3 N–H and O–H groups in total. The maximum atomic E-state index is 5.38. The van der Waals surface area contributed by atoms with Crippen LogP contribution in [0.25, 0.3) is 10.9 Å². The molecule has 1 aromatic heterocycles. The number of aryl methyl sites for hydroxylation is 1. The second-order valence-corrected chi connectivity index (χ2v) is 7.53. The van der Waals surface area contributed by atoms with Gasteiger partial charge in [-0.2, -0.15) is 0 Å². The van der Waals surface area contributed by atoms with Gasteiger partial charge in [-0.1, -0.05) is 18.2 Å². The molecule has 0 amide bonds. The van der Waals surface area contributed by atoms with Crippen LogP contribution in [-0.2, 0) is 0 Å². The zero-order valence-electron chi connectivity index (χ0n) is 15.9. The topological polar surface area (TPSA) is 33.9 Å². The minimum Gasteiger partial charge on any atom is -0.497 e. The van der Waals surface area contributed by atoms with Crippen LogP contribution in [0, 0.1) is 6.92 Å². The number of hydrogen-bond donors (Lipinski definition) is 3. The molecule has 4 nitrogen and oxygen atoms in total. The molecule has 1 fully saturated rings. The van der Waals surface area contributed by atoms with Gasteiger partial charge >= 0.3 is 0 Å². The number of piperazine rings is 1. The van der Waals surface area contributed by atoms with E-state index in [2.05, 4.69) is 67.5 Å². The number of methoxy groups -OCH3 is 1. The molecular weight excluding hydrogens is 322 g/mol. The number of nitrogens with one attached hydrogen (secondary N) is 3. The van der Waals surface area contributed by atoms with Crippen molar-refractivity contribution in [2.75, 3.05) is 40.3 Å². The molecule has 26 heavy (non-hydrogen) atoms. The number of H-pyrrole nitrogens is 1. The minimum atomic E-state index is 0.352. The van der Waals surface area contributed by atoms with Crippen LogP contribution < -0.4 is 14.5 Å². The van der Waals surface area contributed by atoms with Gasteiger partial charge in [0.2, 0.25) is 0 Å². The molecule has 136 valence electrons. The van der Waals surface area contributed by atoms with Crippen molar-refractivity contribution in [3.63, 3.8) is 0 Å². The van der Waals surface area contributed by atoms with Gasteiger partial charge in [-0.25, -0.2) is 0 Å². The van der Waals surface area contributed by atoms with E-state index in [0.717, 1.165) is 5.75 Å². The van der Waals surface area contributed by atoms with Gasteiger partial charge in [0.05, 0.1) is 14.2 Å². The molecule has 4 rings (SSSR count). The molecule has 0 aliphatic carbocycles. The third kappa shape index (κ3) is 3.11. The van der Waals surface area contributed by atoms with Crippen molar-refractivity contribution >= 4 is 10.9 Å². The molecular formula is C22H29N3O+2. The van der Waals surface area contributed by atoms with Crippen molar-refractivity contribution in [3.8, 4) is 5.75 Å². The van der Waals surface area contributed by atoms with Crippen LogP contribution in [0.5, 0.6) is 5.75 Å². The summed E-state index contributed by atoms with van der Waals surface area (Å²) in [5.74, 6) is 0.918. The number of hydrogen-bond acceptors (Lipinski definition) is 1. The van der Waals surface area contributed by atoms with E-state index in [1.807, 2.05) is 0 Å². The first-order valence-corrected chi connectivity index (χ1v) is 9.54. The molecule has 1 aliphatic heterocycles. The maximum Gasteiger partial charge on any atom is 0.142 e. The Morgan fingerprint density at radius 3 is 2.35 bits per heavy atom. The van der Waals surface area contributed by atoms with E-state index in [1.54, 1.807) is 16.9 Å². The molecule has 0 bridgehead atoms. The van der Waals surface area contributed by atoms with Crippen LogP contribution in [-0.4, -0.2) is 45.3 Å². The number of benzene rings is 2. The van der Waals surface area contributed by atoms with Crippen LogP contribution in [0.1, 0.15) is 22.9 Å². The third-order valence-electron chi connectivity index (χ3n) is 5.84. The molecule has 0 unspecified atom stereocenters. The van der Waals surface area contributed by atoms with Gasteiger partial charge in [0.25, 0.3) is 0 Å². The number of aromatic amines is 1. The Hall–Kier alpha value is -2.30. The lowest BCUT2D eigenvalue weighted by atomic mass is 9.94. The largest absolute Gasteiger partial charge is 0.497 e. The summed E-state index contributed by atoms with van der Waals surface area (Å²) in [6, 6.07) is 17.7. The van der Waals surface area contributed by atoms with E-state index in [0.29, 0.717) is 6.04 Å². The van der Waals surface area contributed by atoms with Gasteiger partial charge < -0.3 is 19.5 Å². The van der Waals surface area contributed by atoms with Gasteiger partial charge in [0.15, 0.2) is 0 Å². The zero-order valence-corrected chi connectivity index (χ0v) is 15.9. The van der Waals surface area contributed by atoms with E-state index in [1.165, 1.54) is 53.9 Å². The summed E-state index contributed by atoms with van der Waals surface area (Å²) >= 11 is 0. The Bertz CT molecular complexity index is 876. The van der Waals surface area contributed by atoms with Gasteiger partial charge in [-0.3, -0.25) is 0 Å². The van der Waals surface area contributed by atoms with Crippen molar-refractivity contribution in [1.82, 2.24) is 4.98 Å². The van der Waals surface area contributed by atoms with E-state index >= 15 is 0 Å². The van der Waals surface area contributed by atoms with E-state index < -0.39 is 0 Å². The highest BCUT2D eigenvalue weighted by Gasteiger charge is 2.33. The Balaban J connectivity index is 1.82. The van der Waals surface area contributed by atoms with E-state index in [-0.39, 0.29) is 0 Å². The summed E-state index contributed by atoms with van der Waals surface area (Å²) in [6.07, 6.45) is 0. The highest BCUT2D eigenvalue weighted by atomic mass is 16.5. The SMILES string of the molecule is COc1ccc([C@@H](c2c(C)[nH]c3ccccc23)[NH+]2CC[NH+](C)CC2)cc1. The number of para-hydroxylation sites is 1. The van der Waals surface area contributed by atoms with E-state index in [4.69, 9.17) is 4.74 Å². The summed E-state index contributed by atoms with van der Waals surface area (Å²) in [5, 5.41) is 1.35. The normalized spacial score (nSPS) is 21.7. The number of quaternary nitrogens is 2. The molecule has 0 spiro atoms. The quantitative estimate of drug-likeness (QED) is 0.644. The molecule has 1 atom stereocenters. The van der Waals surface area contributed by atoms with Gasteiger partial charge in [0.1, 0.15) is 38.0 Å². The standard InChI is InChI=1S/C22H27N3O/c1-16-21(19-6-4-5-7-20(19)23-16)22(25-14-12-24(2)13-15-25)17-8-10-18(26-3)11-9-17/h4-11,22-23H,12-15H2,1-3H3/p+2/t22-/m0/s1. The Morgan fingerprint density at radius 2 is 1.65 bits per heavy atom. The lowest BCUT2D eigenvalue weighted by Gasteiger charge is -2.34. The molecule has 4 heteroatoms. The van der Waals surface area contributed by atoms with Gasteiger partial charge in [0, 0.05) is 27.7 Å². The summed E-state index contributed by atoms with van der Waals surface area (Å²) in [7, 11) is 4.03. The predicted molar refractivity (Wildman–Crippen MR) is 105 cm³/mol. The lowest BCUT2D eigenvalue weighted by Crippen LogP contribution is -3.27. The smallest absolute Gasteiger partial charge is 0.142 e. The first kappa shape index (κ1) is 17.1. The number of ether oxygens (including phenoxy) is 1. The average molecular weight is 351 g/mol. The zero-order chi connectivity index (χ0) is 18.1. The molecule has 1 saturated heterocycles. The van der Waals surface area contributed by atoms with Gasteiger partial charge in [-0.05, 0) is 37.3 Å². The Labute approximate surface area is 155 Å². The van der Waals surface area contributed by atoms with Gasteiger partial charge in [-0.15, -0.1) is 0 Å². The van der Waals surface area contributed by atoms with Crippen molar-refractivity contribution in [1.29, 1.82) is 0 Å². The predicted octanol–water partition coefficient (Wildman–Crippen LogP) is 0.988. The second-order valence-electron chi connectivity index (χ2n) is 7.53. The molecule has 3 aromatic rings. The number of aromatic nitrogens is 1. The van der Waals surface area contributed by atoms with Crippen LogP contribution in [0.2, 0.25) is 0 Å². The summed E-state index contributed by atoms with van der Waals surface area (Å²) < 4.78 is 5.38. The third-order valence-corrected chi connectivity index (χ3v) is 5.84. The average Bonchev–Trinajstić information content (AvgIpc) is 3.00. The van der Waals surface area contributed by atoms with E-state index in [9.17, 15) is 0 Å².